The smallest absolute Gasteiger partial charge is 0.0725 e. The van der Waals surface area contributed by atoms with Gasteiger partial charge in [-0.05, 0) is 59.8 Å². The van der Waals surface area contributed by atoms with E-state index in [4.69, 9.17) is 0 Å². The van der Waals surface area contributed by atoms with Crippen LogP contribution in [-0.2, 0) is 16.4 Å². The summed E-state index contributed by atoms with van der Waals surface area (Å²) in [5.41, 5.74) is 6.56. The van der Waals surface area contributed by atoms with E-state index in [-0.39, 0.29) is 28.8 Å². The van der Waals surface area contributed by atoms with Crippen molar-refractivity contribution in [3.8, 4) is 0 Å². The summed E-state index contributed by atoms with van der Waals surface area (Å²) < 4.78 is 0. The number of halogens is 1. The Morgan fingerprint density at radius 2 is 1.64 bits per heavy atom. The number of hydrogen-bond acceptors (Lipinski definition) is 1. The first-order valence-corrected chi connectivity index (χ1v) is 11.0. The topological polar surface area (TPSA) is 12.0 Å². The molecule has 1 spiro atoms. The van der Waals surface area contributed by atoms with Crippen LogP contribution >= 0.6 is 12.4 Å². The van der Waals surface area contributed by atoms with Crippen molar-refractivity contribution in [2.24, 2.45) is 5.92 Å². The molecule has 2 aromatic rings. The Balaban J connectivity index is 0.00000192. The predicted octanol–water partition coefficient (Wildman–Crippen LogP) is 7.34. The number of fused-ring (bicyclic) bond motifs is 1. The van der Waals surface area contributed by atoms with Gasteiger partial charge in [0.15, 0.2) is 0 Å². The zero-order chi connectivity index (χ0) is 18.7. The molecular weight excluding hydrogens is 362 g/mol. The minimum atomic E-state index is 0. The van der Waals surface area contributed by atoms with E-state index in [0.29, 0.717) is 0 Å². The zero-order valence-corrected chi connectivity index (χ0v) is 18.4. The molecule has 1 heterocycles. The molecule has 2 saturated carbocycles. The van der Waals surface area contributed by atoms with Gasteiger partial charge in [-0.25, -0.2) is 0 Å². The lowest BCUT2D eigenvalue weighted by molar-refractivity contribution is 0.0564. The van der Waals surface area contributed by atoms with Gasteiger partial charge in [0.1, 0.15) is 0 Å². The Kier molecular flexibility index (Phi) is 4.82. The fraction of sp³-hybridized carbons (Fsp3) is 0.538. The summed E-state index contributed by atoms with van der Waals surface area (Å²) in [6.45, 7) is 7.04. The second-order valence-electron chi connectivity index (χ2n) is 10.2. The van der Waals surface area contributed by atoms with Gasteiger partial charge in [0, 0.05) is 11.1 Å². The standard InChI is InChI=1S/C26H33N.ClH/c1-24(2,3)21-14-15-23-22(18-21)25-16-8-7-10-19(25)13-9-17-26(25,27-23)20-11-5-4-6-12-20;/h4-6,11-12,14-15,18-19,27H,7-10,13,16-17H2,1-3H3;1H. The number of nitrogens with one attached hydrogen (secondary N) is 1. The summed E-state index contributed by atoms with van der Waals surface area (Å²) in [5, 5.41) is 4.13. The molecular formula is C26H34ClN. The largest absolute Gasteiger partial charge is 0.374 e. The molecule has 28 heavy (non-hydrogen) atoms. The predicted molar refractivity (Wildman–Crippen MR) is 122 cm³/mol. The van der Waals surface area contributed by atoms with E-state index in [1.54, 1.807) is 5.56 Å². The third-order valence-corrected chi connectivity index (χ3v) is 7.92. The molecule has 3 atom stereocenters. The summed E-state index contributed by atoms with van der Waals surface area (Å²) >= 11 is 0. The third-order valence-electron chi connectivity index (χ3n) is 7.92. The van der Waals surface area contributed by atoms with Crippen LogP contribution in [0.2, 0.25) is 0 Å². The average molecular weight is 396 g/mol. The maximum Gasteiger partial charge on any atom is 0.0725 e. The van der Waals surface area contributed by atoms with Crippen molar-refractivity contribution >= 4 is 18.1 Å². The fourth-order valence-corrected chi connectivity index (χ4v) is 6.71. The minimum Gasteiger partial charge on any atom is -0.374 e. The van der Waals surface area contributed by atoms with Crippen molar-refractivity contribution in [1.82, 2.24) is 0 Å². The molecule has 2 fully saturated rings. The average Bonchev–Trinajstić information content (AvgIpc) is 2.97. The van der Waals surface area contributed by atoms with Crippen LogP contribution in [0.4, 0.5) is 5.69 Å². The van der Waals surface area contributed by atoms with Crippen molar-refractivity contribution in [1.29, 1.82) is 0 Å². The molecule has 2 aliphatic carbocycles. The van der Waals surface area contributed by atoms with Gasteiger partial charge in [0.25, 0.3) is 0 Å². The van der Waals surface area contributed by atoms with Crippen LogP contribution in [0, 0.1) is 5.92 Å². The van der Waals surface area contributed by atoms with Crippen LogP contribution in [0.15, 0.2) is 48.5 Å². The van der Waals surface area contributed by atoms with E-state index < -0.39 is 0 Å². The van der Waals surface area contributed by atoms with Gasteiger partial charge in [-0.2, -0.15) is 0 Å². The minimum absolute atomic E-state index is 0. The lowest BCUT2D eigenvalue weighted by Crippen LogP contribution is -2.57. The maximum atomic E-state index is 4.13. The van der Waals surface area contributed by atoms with Crippen molar-refractivity contribution < 1.29 is 0 Å². The van der Waals surface area contributed by atoms with Crippen molar-refractivity contribution in [3.05, 3.63) is 65.2 Å². The molecule has 1 aliphatic heterocycles. The monoisotopic (exact) mass is 395 g/mol. The van der Waals surface area contributed by atoms with Gasteiger partial charge in [-0.3, -0.25) is 0 Å². The molecule has 150 valence electrons. The van der Waals surface area contributed by atoms with Gasteiger partial charge in [-0.15, -0.1) is 12.4 Å². The molecule has 0 saturated heterocycles. The van der Waals surface area contributed by atoms with E-state index in [1.165, 1.54) is 61.8 Å². The van der Waals surface area contributed by atoms with Crippen LogP contribution in [0.25, 0.3) is 0 Å². The van der Waals surface area contributed by atoms with Crippen molar-refractivity contribution in [2.45, 2.75) is 82.1 Å². The summed E-state index contributed by atoms with van der Waals surface area (Å²) in [7, 11) is 0. The summed E-state index contributed by atoms with van der Waals surface area (Å²) in [6, 6.07) is 18.7. The van der Waals surface area contributed by atoms with E-state index in [9.17, 15) is 0 Å². The van der Waals surface area contributed by atoms with Gasteiger partial charge >= 0.3 is 0 Å². The zero-order valence-electron chi connectivity index (χ0n) is 17.6. The molecule has 3 aliphatic rings. The number of benzene rings is 2. The highest BCUT2D eigenvalue weighted by molar-refractivity contribution is 5.85. The van der Waals surface area contributed by atoms with Gasteiger partial charge < -0.3 is 5.32 Å². The SMILES string of the molecule is CC(C)(C)c1ccc2c(c1)C13CCCCC1CCCC3(c1ccccc1)N2.Cl. The molecule has 0 bridgehead atoms. The van der Waals surface area contributed by atoms with Crippen LogP contribution in [0.3, 0.4) is 0 Å². The van der Waals surface area contributed by atoms with Crippen LogP contribution in [-0.4, -0.2) is 0 Å². The molecule has 1 nitrogen and oxygen atoms in total. The number of rotatable bonds is 1. The Labute approximate surface area is 176 Å². The van der Waals surface area contributed by atoms with Gasteiger partial charge in [0.2, 0.25) is 0 Å². The molecule has 2 heteroatoms. The lowest BCUT2D eigenvalue weighted by Gasteiger charge is -2.57. The van der Waals surface area contributed by atoms with Crippen molar-refractivity contribution in [2.75, 3.05) is 5.32 Å². The van der Waals surface area contributed by atoms with E-state index >= 15 is 0 Å². The quantitative estimate of drug-likeness (QED) is 0.532. The van der Waals surface area contributed by atoms with E-state index in [1.807, 2.05) is 0 Å². The Morgan fingerprint density at radius 3 is 2.39 bits per heavy atom. The fourth-order valence-electron chi connectivity index (χ4n) is 6.71. The van der Waals surface area contributed by atoms with Gasteiger partial charge in [-0.1, -0.05) is 82.5 Å². The summed E-state index contributed by atoms with van der Waals surface area (Å²) in [4.78, 5) is 0. The summed E-state index contributed by atoms with van der Waals surface area (Å²) in [5.74, 6) is 0.809. The Hall–Kier alpha value is -1.47. The third kappa shape index (κ3) is 2.58. The van der Waals surface area contributed by atoms with E-state index in [2.05, 4.69) is 74.6 Å². The molecule has 0 aromatic heterocycles. The highest BCUT2D eigenvalue weighted by Crippen LogP contribution is 2.66. The summed E-state index contributed by atoms with van der Waals surface area (Å²) in [6.07, 6.45) is 9.50. The second-order valence-corrected chi connectivity index (χ2v) is 10.2. The molecule has 0 amide bonds. The molecule has 3 unspecified atom stereocenters. The molecule has 2 aromatic carbocycles. The normalized spacial score (nSPS) is 31.0. The van der Waals surface area contributed by atoms with Crippen LogP contribution in [0.5, 0.6) is 0 Å². The highest BCUT2D eigenvalue weighted by atomic mass is 35.5. The maximum absolute atomic E-state index is 4.13. The number of hydrogen-bond donors (Lipinski definition) is 1. The highest BCUT2D eigenvalue weighted by Gasteiger charge is 2.63. The Bertz CT molecular complexity index is 850. The van der Waals surface area contributed by atoms with E-state index in [0.717, 1.165) is 5.92 Å². The Morgan fingerprint density at radius 1 is 0.893 bits per heavy atom. The number of anilines is 1. The molecule has 1 N–H and O–H groups in total. The first-order chi connectivity index (χ1) is 13.0. The second kappa shape index (κ2) is 6.80. The van der Waals surface area contributed by atoms with Crippen LogP contribution < -0.4 is 5.32 Å². The van der Waals surface area contributed by atoms with Crippen LogP contribution in [0.1, 0.15) is 82.4 Å². The van der Waals surface area contributed by atoms with Crippen molar-refractivity contribution in [3.63, 3.8) is 0 Å². The van der Waals surface area contributed by atoms with Gasteiger partial charge in [0.05, 0.1) is 5.54 Å². The molecule has 5 rings (SSSR count). The molecule has 0 radical (unpaired) electrons. The first-order valence-electron chi connectivity index (χ1n) is 11.0. The lowest BCUT2D eigenvalue weighted by atomic mass is 9.48. The first kappa shape index (κ1) is 19.8.